The number of carbonyl (C=O) groups excluding carboxylic acids is 1. The Balaban J connectivity index is 1.11. The lowest BCUT2D eigenvalue weighted by atomic mass is 10.2. The molecule has 2 atom stereocenters. The summed E-state index contributed by atoms with van der Waals surface area (Å²) in [5.41, 5.74) is 6.36. The third-order valence-electron chi connectivity index (χ3n) is 5.59. The monoisotopic (exact) mass is 410 g/mol. The van der Waals surface area contributed by atoms with Crippen LogP contribution in [0.3, 0.4) is 0 Å². The first-order chi connectivity index (χ1) is 14.2. The Morgan fingerprint density at radius 2 is 1.90 bits per heavy atom. The van der Waals surface area contributed by atoms with Crippen molar-refractivity contribution in [3.8, 4) is 16.7 Å². The number of hydrogen-bond acceptors (Lipinski definition) is 6. The molecular weight excluding hydrogens is 388 g/mol. The zero-order chi connectivity index (χ0) is 19.8. The minimum Gasteiger partial charge on any atom is -0.492 e. The van der Waals surface area contributed by atoms with Gasteiger partial charge in [-0.15, -0.1) is 0 Å². The molecule has 0 radical (unpaired) electrons. The van der Waals surface area contributed by atoms with E-state index in [-0.39, 0.29) is 12.1 Å². The van der Waals surface area contributed by atoms with E-state index in [0.29, 0.717) is 17.8 Å². The Morgan fingerprint density at radius 1 is 1.10 bits per heavy atom. The summed E-state index contributed by atoms with van der Waals surface area (Å²) in [7, 11) is 0. The van der Waals surface area contributed by atoms with Crippen molar-refractivity contribution < 1.29 is 14.3 Å². The van der Waals surface area contributed by atoms with Gasteiger partial charge in [0.15, 0.2) is 0 Å². The fourth-order valence-electron chi connectivity index (χ4n) is 4.17. The van der Waals surface area contributed by atoms with Crippen molar-refractivity contribution in [3.05, 3.63) is 48.5 Å². The predicted molar refractivity (Wildman–Crippen MR) is 112 cm³/mol. The molecule has 2 N–H and O–H groups in total. The van der Waals surface area contributed by atoms with Gasteiger partial charge < -0.3 is 20.1 Å². The summed E-state index contributed by atoms with van der Waals surface area (Å²) in [6.45, 7) is 3.07. The molecule has 2 unspecified atom stereocenters. The Hall–Kier alpha value is -2.84. The first-order valence-corrected chi connectivity index (χ1v) is 10.5. The lowest BCUT2D eigenvalue weighted by molar-refractivity contribution is 0.127. The molecule has 2 aliphatic heterocycles. The Bertz CT molecular complexity index is 989. The Labute approximate surface area is 172 Å². The summed E-state index contributed by atoms with van der Waals surface area (Å²) >= 11 is 1.53. The highest BCUT2D eigenvalue weighted by molar-refractivity contribution is 7.20. The van der Waals surface area contributed by atoms with Crippen LogP contribution in [0, 0.1) is 0 Å². The normalized spacial score (nSPS) is 21.0. The quantitative estimate of drug-likeness (QED) is 0.674. The van der Waals surface area contributed by atoms with Crippen molar-refractivity contribution in [3.63, 3.8) is 0 Å². The zero-order valence-corrected chi connectivity index (χ0v) is 16.7. The van der Waals surface area contributed by atoms with E-state index in [9.17, 15) is 4.79 Å². The molecule has 0 aliphatic carbocycles. The van der Waals surface area contributed by atoms with Crippen LogP contribution in [-0.4, -0.2) is 59.1 Å². The van der Waals surface area contributed by atoms with Crippen molar-refractivity contribution in [2.75, 3.05) is 26.2 Å². The maximum absolute atomic E-state index is 11.4. The molecule has 3 aromatic rings. The molecule has 2 amide bonds. The molecule has 7 nitrogen and oxygen atoms in total. The van der Waals surface area contributed by atoms with Gasteiger partial charge in [0.2, 0.25) is 0 Å². The lowest BCUT2D eigenvalue weighted by Crippen LogP contribution is -2.51. The van der Waals surface area contributed by atoms with Crippen molar-refractivity contribution in [1.29, 1.82) is 0 Å². The first-order valence-electron chi connectivity index (χ1n) is 9.72. The number of fused-ring (bicyclic) bond motifs is 3. The number of aromatic nitrogens is 1. The second-order valence-electron chi connectivity index (χ2n) is 7.40. The van der Waals surface area contributed by atoms with E-state index in [1.807, 2.05) is 48.5 Å². The molecule has 29 heavy (non-hydrogen) atoms. The number of rotatable bonds is 6. The molecule has 1 aromatic heterocycles. The fraction of sp³-hybridized carbons (Fsp3) is 0.333. The lowest BCUT2D eigenvalue weighted by Gasteiger charge is -2.33. The molecule has 150 valence electrons. The number of benzene rings is 2. The van der Waals surface area contributed by atoms with Crippen LogP contribution in [0.4, 0.5) is 4.79 Å². The predicted octanol–water partition coefficient (Wildman–Crippen LogP) is 3.30. The van der Waals surface area contributed by atoms with Gasteiger partial charge >= 0.3 is 6.03 Å². The van der Waals surface area contributed by atoms with Gasteiger partial charge in [-0.2, -0.15) is 0 Å². The van der Waals surface area contributed by atoms with E-state index in [4.69, 9.17) is 15.2 Å². The highest BCUT2D eigenvalue weighted by Crippen LogP contribution is 2.32. The Kier molecular flexibility index (Phi) is 4.73. The van der Waals surface area contributed by atoms with Gasteiger partial charge in [-0.25, -0.2) is 9.78 Å². The number of piperazine rings is 1. The molecule has 5 rings (SSSR count). The average molecular weight is 410 g/mol. The number of nitrogens with two attached hydrogens (primary N) is 1. The summed E-state index contributed by atoms with van der Waals surface area (Å²) in [4.78, 5) is 20.0. The second kappa shape index (κ2) is 7.53. The average Bonchev–Trinajstić information content (AvgIpc) is 3.42. The van der Waals surface area contributed by atoms with Crippen molar-refractivity contribution >= 4 is 27.6 Å². The summed E-state index contributed by atoms with van der Waals surface area (Å²) in [5, 5.41) is 0.633. The molecule has 0 saturated carbocycles. The maximum Gasteiger partial charge on any atom is 0.315 e. The first kappa shape index (κ1) is 18.2. The fourth-order valence-corrected chi connectivity index (χ4v) is 5.01. The summed E-state index contributed by atoms with van der Waals surface area (Å²) in [6, 6.07) is 16.0. The Morgan fingerprint density at radius 3 is 2.62 bits per heavy atom. The molecule has 2 fully saturated rings. The van der Waals surface area contributed by atoms with E-state index in [0.717, 1.165) is 47.8 Å². The van der Waals surface area contributed by atoms with Crippen LogP contribution in [-0.2, 0) is 0 Å². The third-order valence-corrected chi connectivity index (χ3v) is 6.50. The minimum absolute atomic E-state index is 0.261. The number of thiazole rings is 1. The highest BCUT2D eigenvalue weighted by atomic mass is 32.1. The zero-order valence-electron chi connectivity index (χ0n) is 15.9. The number of ether oxygens (including phenoxy) is 2. The number of carbonyl (C=O) groups is 1. The van der Waals surface area contributed by atoms with Gasteiger partial charge in [-0.05, 0) is 42.8 Å². The van der Waals surface area contributed by atoms with E-state index in [2.05, 4.69) is 9.88 Å². The SMILES string of the molecule is NC(=O)N1CC2CC1CN2CCOc1ccc(Oc2nc3ccccc3s2)cc1. The summed E-state index contributed by atoms with van der Waals surface area (Å²) < 4.78 is 12.9. The molecule has 2 aliphatic rings. The van der Waals surface area contributed by atoms with E-state index in [1.54, 1.807) is 4.90 Å². The standard InChI is InChI=1S/C21H22N4O3S/c22-20(26)25-13-14-11-15(25)12-24(14)9-10-27-16-5-7-17(8-6-16)28-21-23-18-3-1-2-4-19(18)29-21/h1-8,14-15H,9-13H2,(H2,22,26). The number of urea groups is 1. The number of nitrogens with zero attached hydrogens (tertiary/aromatic N) is 3. The molecule has 2 saturated heterocycles. The van der Waals surface area contributed by atoms with Crippen molar-refractivity contribution in [2.45, 2.75) is 18.5 Å². The minimum atomic E-state index is -0.304. The molecule has 2 bridgehead atoms. The van der Waals surface area contributed by atoms with Crippen molar-refractivity contribution in [2.24, 2.45) is 5.73 Å². The topological polar surface area (TPSA) is 80.9 Å². The van der Waals surface area contributed by atoms with Crippen LogP contribution >= 0.6 is 11.3 Å². The van der Waals surface area contributed by atoms with Crippen LogP contribution < -0.4 is 15.2 Å². The van der Waals surface area contributed by atoms with Gasteiger partial charge in [-0.3, -0.25) is 4.90 Å². The van der Waals surface area contributed by atoms with Gasteiger partial charge in [0, 0.05) is 31.7 Å². The second-order valence-corrected chi connectivity index (χ2v) is 8.39. The molecule has 8 heteroatoms. The smallest absolute Gasteiger partial charge is 0.315 e. The number of primary amides is 1. The van der Waals surface area contributed by atoms with Crippen molar-refractivity contribution in [1.82, 2.24) is 14.8 Å². The molecular formula is C21H22N4O3S. The van der Waals surface area contributed by atoms with E-state index >= 15 is 0 Å². The van der Waals surface area contributed by atoms with Gasteiger partial charge in [-0.1, -0.05) is 23.5 Å². The van der Waals surface area contributed by atoms with Crippen LogP contribution in [0.1, 0.15) is 6.42 Å². The van der Waals surface area contributed by atoms with Gasteiger partial charge in [0.25, 0.3) is 5.19 Å². The van der Waals surface area contributed by atoms with Gasteiger partial charge in [0.1, 0.15) is 18.1 Å². The van der Waals surface area contributed by atoms with E-state index < -0.39 is 0 Å². The third kappa shape index (κ3) is 3.73. The van der Waals surface area contributed by atoms with Crippen LogP contribution in [0.5, 0.6) is 16.7 Å². The van der Waals surface area contributed by atoms with Crippen LogP contribution in [0.25, 0.3) is 10.2 Å². The molecule has 0 spiro atoms. The van der Waals surface area contributed by atoms with Crippen LogP contribution in [0.15, 0.2) is 48.5 Å². The van der Waals surface area contributed by atoms with Gasteiger partial charge in [0.05, 0.1) is 10.2 Å². The van der Waals surface area contributed by atoms with Crippen LogP contribution in [0.2, 0.25) is 0 Å². The largest absolute Gasteiger partial charge is 0.492 e. The summed E-state index contributed by atoms with van der Waals surface area (Å²) in [5.74, 6) is 1.55. The number of para-hydroxylation sites is 1. The number of likely N-dealkylation sites (tertiary alicyclic amines) is 2. The highest BCUT2D eigenvalue weighted by Gasteiger charge is 2.44. The molecule has 3 heterocycles. The van der Waals surface area contributed by atoms with E-state index in [1.165, 1.54) is 11.3 Å². The number of hydrogen-bond donors (Lipinski definition) is 1. The summed E-state index contributed by atoms with van der Waals surface area (Å²) in [6.07, 6.45) is 1.01. The maximum atomic E-state index is 11.4. The molecule has 2 aromatic carbocycles. The number of amides is 2.